The third-order valence-corrected chi connectivity index (χ3v) is 3.09. The molecule has 16 heavy (non-hydrogen) atoms. The lowest BCUT2D eigenvalue weighted by Crippen LogP contribution is -2.56. The summed E-state index contributed by atoms with van der Waals surface area (Å²) in [4.78, 5) is 0. The van der Waals surface area contributed by atoms with Gasteiger partial charge in [-0.15, -0.1) is 11.6 Å². The summed E-state index contributed by atoms with van der Waals surface area (Å²) in [7, 11) is 0. The van der Waals surface area contributed by atoms with Gasteiger partial charge in [0, 0.05) is 5.54 Å². The second-order valence-corrected chi connectivity index (χ2v) is 6.15. The predicted molar refractivity (Wildman–Crippen MR) is 68.4 cm³/mol. The maximum atomic E-state index is 10.1. The zero-order valence-electron chi connectivity index (χ0n) is 10.3. The molecule has 0 amide bonds. The van der Waals surface area contributed by atoms with Gasteiger partial charge in [-0.05, 0) is 39.5 Å². The van der Waals surface area contributed by atoms with Crippen molar-refractivity contribution in [2.45, 2.75) is 56.8 Å². The lowest BCUT2D eigenvalue weighted by atomic mass is 9.87. The lowest BCUT2D eigenvalue weighted by molar-refractivity contribution is 0.0565. The van der Waals surface area contributed by atoms with Crippen molar-refractivity contribution in [3.63, 3.8) is 0 Å². The molecule has 4 heteroatoms. The normalized spacial score (nSPS) is 30.1. The fraction of sp³-hybridized carbons (Fsp3) is 0.833. The molecule has 0 bridgehead atoms. The van der Waals surface area contributed by atoms with Crippen LogP contribution in [0.2, 0.25) is 0 Å². The van der Waals surface area contributed by atoms with Crippen LogP contribution in [0.15, 0.2) is 12.2 Å². The summed E-state index contributed by atoms with van der Waals surface area (Å²) in [5.41, 5.74) is 5.86. The number of nitrogens with one attached hydrogen (secondary N) is 1. The molecule has 0 heterocycles. The standard InChI is InChI=1S/C12H23ClN2O/c1-12(2,3)15-11(14)10(16)8-5-4-6-9(13)7-8/h4,6,8-11,15-16H,5,7,14H2,1-3H3. The van der Waals surface area contributed by atoms with E-state index in [2.05, 4.69) is 5.32 Å². The van der Waals surface area contributed by atoms with E-state index in [9.17, 15) is 5.11 Å². The Morgan fingerprint density at radius 1 is 1.50 bits per heavy atom. The molecule has 0 fully saturated rings. The number of alkyl halides is 1. The van der Waals surface area contributed by atoms with Gasteiger partial charge in [0.1, 0.15) is 0 Å². The van der Waals surface area contributed by atoms with Crippen LogP contribution >= 0.6 is 11.6 Å². The monoisotopic (exact) mass is 246 g/mol. The summed E-state index contributed by atoms with van der Waals surface area (Å²) in [6.07, 6.45) is 4.69. The molecule has 0 saturated carbocycles. The Kier molecular flexibility index (Phi) is 4.80. The Morgan fingerprint density at radius 2 is 2.12 bits per heavy atom. The predicted octanol–water partition coefficient (Wildman–Crippen LogP) is 1.59. The number of hydrogen-bond acceptors (Lipinski definition) is 3. The van der Waals surface area contributed by atoms with Gasteiger partial charge in [0.25, 0.3) is 0 Å². The fourth-order valence-electron chi connectivity index (χ4n) is 2.02. The molecule has 1 rings (SSSR count). The summed E-state index contributed by atoms with van der Waals surface area (Å²) in [6, 6.07) is 0. The molecule has 4 atom stereocenters. The highest BCUT2D eigenvalue weighted by Gasteiger charge is 2.29. The van der Waals surface area contributed by atoms with Crippen LogP contribution in [0.4, 0.5) is 0 Å². The van der Waals surface area contributed by atoms with Crippen LogP contribution in [0.1, 0.15) is 33.6 Å². The molecule has 0 aromatic carbocycles. The van der Waals surface area contributed by atoms with Crippen molar-refractivity contribution in [1.82, 2.24) is 5.32 Å². The molecule has 4 N–H and O–H groups in total. The summed E-state index contributed by atoms with van der Waals surface area (Å²) in [6.45, 7) is 6.10. The Morgan fingerprint density at radius 3 is 2.62 bits per heavy atom. The number of hydrogen-bond donors (Lipinski definition) is 3. The van der Waals surface area contributed by atoms with E-state index in [1.807, 2.05) is 32.9 Å². The van der Waals surface area contributed by atoms with Crippen molar-refractivity contribution in [2.24, 2.45) is 11.7 Å². The number of aliphatic hydroxyl groups excluding tert-OH is 1. The second-order valence-electron chi connectivity index (χ2n) is 5.59. The van der Waals surface area contributed by atoms with E-state index in [0.717, 1.165) is 12.8 Å². The van der Waals surface area contributed by atoms with Crippen molar-refractivity contribution in [2.75, 3.05) is 0 Å². The van der Waals surface area contributed by atoms with Crippen LogP contribution in [0.5, 0.6) is 0 Å². The Labute approximate surface area is 103 Å². The van der Waals surface area contributed by atoms with E-state index in [0.29, 0.717) is 0 Å². The molecule has 94 valence electrons. The minimum atomic E-state index is -0.551. The summed E-state index contributed by atoms with van der Waals surface area (Å²) in [5.74, 6) is 0.150. The molecule has 0 aliphatic heterocycles. The Hall–Kier alpha value is -0.0900. The van der Waals surface area contributed by atoms with Gasteiger partial charge in [0.05, 0.1) is 17.6 Å². The smallest absolute Gasteiger partial charge is 0.0854 e. The quantitative estimate of drug-likeness (QED) is 0.403. The van der Waals surface area contributed by atoms with E-state index in [4.69, 9.17) is 17.3 Å². The zero-order chi connectivity index (χ0) is 12.3. The molecule has 1 aliphatic carbocycles. The molecule has 0 aromatic rings. The largest absolute Gasteiger partial charge is 0.390 e. The topological polar surface area (TPSA) is 58.3 Å². The first-order valence-corrected chi connectivity index (χ1v) is 6.25. The molecule has 1 aliphatic rings. The van der Waals surface area contributed by atoms with Crippen molar-refractivity contribution in [3.05, 3.63) is 12.2 Å². The minimum Gasteiger partial charge on any atom is -0.390 e. The van der Waals surface area contributed by atoms with Gasteiger partial charge < -0.3 is 10.8 Å². The summed E-state index contributed by atoms with van der Waals surface area (Å²) < 4.78 is 0. The molecule has 0 spiro atoms. The molecular formula is C12H23ClN2O. The van der Waals surface area contributed by atoms with Crippen LogP contribution in [0, 0.1) is 5.92 Å². The average Bonchev–Trinajstić information content (AvgIpc) is 2.14. The second kappa shape index (κ2) is 5.50. The van der Waals surface area contributed by atoms with E-state index in [1.165, 1.54) is 0 Å². The minimum absolute atomic E-state index is 0.0234. The van der Waals surface area contributed by atoms with Gasteiger partial charge in [0.2, 0.25) is 0 Å². The van der Waals surface area contributed by atoms with Crippen LogP contribution in [0.3, 0.4) is 0 Å². The van der Waals surface area contributed by atoms with Crippen LogP contribution < -0.4 is 11.1 Å². The first-order chi connectivity index (χ1) is 7.29. The van der Waals surface area contributed by atoms with Gasteiger partial charge in [-0.2, -0.15) is 0 Å². The summed E-state index contributed by atoms with van der Waals surface area (Å²) in [5, 5.41) is 13.4. The Balaban J connectivity index is 2.50. The SMILES string of the molecule is CC(C)(C)NC(N)C(O)C1CC=CC(Cl)C1. The van der Waals surface area contributed by atoms with E-state index < -0.39 is 12.3 Å². The maximum Gasteiger partial charge on any atom is 0.0854 e. The first-order valence-electron chi connectivity index (χ1n) is 5.81. The van der Waals surface area contributed by atoms with Gasteiger partial charge in [-0.1, -0.05) is 12.2 Å². The van der Waals surface area contributed by atoms with Gasteiger partial charge in [0.15, 0.2) is 0 Å². The highest BCUT2D eigenvalue weighted by Crippen LogP contribution is 2.26. The Bertz CT molecular complexity index is 250. The van der Waals surface area contributed by atoms with Crippen molar-refractivity contribution >= 4 is 11.6 Å². The molecule has 0 radical (unpaired) electrons. The fourth-order valence-corrected chi connectivity index (χ4v) is 2.35. The number of aliphatic hydroxyl groups is 1. The van der Waals surface area contributed by atoms with Gasteiger partial charge in [-0.3, -0.25) is 5.32 Å². The number of allylic oxidation sites excluding steroid dienone is 2. The highest BCUT2D eigenvalue weighted by molar-refractivity contribution is 6.21. The van der Waals surface area contributed by atoms with Crippen molar-refractivity contribution in [1.29, 1.82) is 0 Å². The molecule has 0 aromatic heterocycles. The van der Waals surface area contributed by atoms with Crippen LogP contribution in [0.25, 0.3) is 0 Å². The molecular weight excluding hydrogens is 224 g/mol. The lowest BCUT2D eigenvalue weighted by Gasteiger charge is -2.34. The number of rotatable bonds is 3. The van der Waals surface area contributed by atoms with Crippen LogP contribution in [-0.4, -0.2) is 28.3 Å². The summed E-state index contributed by atoms with van der Waals surface area (Å²) >= 11 is 6.03. The molecule has 0 saturated heterocycles. The zero-order valence-corrected chi connectivity index (χ0v) is 11.0. The number of nitrogens with two attached hydrogens (primary N) is 1. The molecule has 4 unspecified atom stereocenters. The average molecular weight is 247 g/mol. The van der Waals surface area contributed by atoms with E-state index in [1.54, 1.807) is 0 Å². The highest BCUT2D eigenvalue weighted by atomic mass is 35.5. The first kappa shape index (κ1) is 14.0. The van der Waals surface area contributed by atoms with Gasteiger partial charge >= 0.3 is 0 Å². The maximum absolute atomic E-state index is 10.1. The van der Waals surface area contributed by atoms with Crippen LogP contribution in [-0.2, 0) is 0 Å². The third-order valence-electron chi connectivity index (χ3n) is 2.76. The van der Waals surface area contributed by atoms with E-state index in [-0.39, 0.29) is 16.8 Å². The van der Waals surface area contributed by atoms with Gasteiger partial charge in [-0.25, -0.2) is 0 Å². The molecule has 3 nitrogen and oxygen atoms in total. The third kappa shape index (κ3) is 4.42. The van der Waals surface area contributed by atoms with E-state index >= 15 is 0 Å². The van der Waals surface area contributed by atoms with Crippen molar-refractivity contribution in [3.8, 4) is 0 Å². The van der Waals surface area contributed by atoms with Crippen molar-refractivity contribution < 1.29 is 5.11 Å². The number of halogens is 1.